The van der Waals surface area contributed by atoms with Crippen molar-refractivity contribution in [1.29, 1.82) is 0 Å². The molecule has 0 radical (unpaired) electrons. The van der Waals surface area contributed by atoms with Crippen LogP contribution in [0, 0.1) is 11.3 Å². The number of likely N-dealkylation sites (tertiary alicyclic amines) is 1. The second-order valence-electron chi connectivity index (χ2n) is 6.66. The van der Waals surface area contributed by atoms with Gasteiger partial charge in [-0.15, -0.1) is 0 Å². The summed E-state index contributed by atoms with van der Waals surface area (Å²) in [5, 5.41) is 9.77. The molecule has 0 aromatic carbocycles. The summed E-state index contributed by atoms with van der Waals surface area (Å²) in [4.78, 5) is 2.14. The zero-order valence-corrected chi connectivity index (χ0v) is 12.1. The molecule has 0 spiro atoms. The third-order valence-electron chi connectivity index (χ3n) is 5.11. The number of aliphatic hydroxyl groups excluding tert-OH is 1. The molecule has 0 amide bonds. The van der Waals surface area contributed by atoms with Crippen LogP contribution in [0.2, 0.25) is 0 Å². The molecule has 118 valence electrons. The van der Waals surface area contributed by atoms with E-state index in [-0.39, 0.29) is 24.9 Å². The Kier molecular flexibility index (Phi) is 5.35. The monoisotopic (exact) mass is 293 g/mol. The first-order valence-corrected chi connectivity index (χ1v) is 7.85. The second-order valence-corrected chi connectivity index (χ2v) is 6.66. The lowest BCUT2D eigenvalue weighted by Crippen LogP contribution is -2.45. The van der Waals surface area contributed by atoms with Crippen molar-refractivity contribution >= 4 is 0 Å². The van der Waals surface area contributed by atoms with Gasteiger partial charge in [-0.05, 0) is 38.8 Å². The van der Waals surface area contributed by atoms with Gasteiger partial charge in [-0.3, -0.25) is 0 Å². The molecule has 0 atom stereocenters. The van der Waals surface area contributed by atoms with Crippen LogP contribution in [0.25, 0.3) is 0 Å². The van der Waals surface area contributed by atoms with Gasteiger partial charge in [0.15, 0.2) is 0 Å². The minimum atomic E-state index is -4.04. The smallest absolute Gasteiger partial charge is 0.391 e. The number of piperidine rings is 1. The SMILES string of the molecule is OCC1(CN2CCC(C(F)(F)F)CC2)CCCCCC1. The third kappa shape index (κ3) is 4.10. The van der Waals surface area contributed by atoms with E-state index in [1.54, 1.807) is 0 Å². The summed E-state index contributed by atoms with van der Waals surface area (Å²) in [6.07, 6.45) is 3.14. The van der Waals surface area contributed by atoms with Crippen molar-refractivity contribution in [3.8, 4) is 0 Å². The van der Waals surface area contributed by atoms with Crippen LogP contribution in [0.4, 0.5) is 13.2 Å². The van der Waals surface area contributed by atoms with Gasteiger partial charge in [-0.1, -0.05) is 25.7 Å². The van der Waals surface area contributed by atoms with Crippen LogP contribution in [-0.4, -0.2) is 42.4 Å². The van der Waals surface area contributed by atoms with Crippen molar-refractivity contribution in [1.82, 2.24) is 4.90 Å². The first-order chi connectivity index (χ1) is 9.45. The van der Waals surface area contributed by atoms with Crippen LogP contribution in [0.5, 0.6) is 0 Å². The molecule has 1 heterocycles. The quantitative estimate of drug-likeness (QED) is 0.804. The Morgan fingerprint density at radius 2 is 1.55 bits per heavy atom. The van der Waals surface area contributed by atoms with Gasteiger partial charge in [0.25, 0.3) is 0 Å². The van der Waals surface area contributed by atoms with E-state index >= 15 is 0 Å². The molecule has 0 unspecified atom stereocenters. The Morgan fingerprint density at radius 3 is 2.00 bits per heavy atom. The number of hydrogen-bond acceptors (Lipinski definition) is 2. The fraction of sp³-hybridized carbons (Fsp3) is 1.00. The first kappa shape index (κ1) is 16.1. The molecular weight excluding hydrogens is 267 g/mol. The molecule has 1 N–H and O–H groups in total. The number of aliphatic hydroxyl groups is 1. The van der Waals surface area contributed by atoms with Crippen molar-refractivity contribution in [2.24, 2.45) is 11.3 Å². The normalized spacial score (nSPS) is 26.4. The number of halogens is 3. The van der Waals surface area contributed by atoms with E-state index < -0.39 is 12.1 Å². The van der Waals surface area contributed by atoms with Gasteiger partial charge >= 0.3 is 6.18 Å². The minimum absolute atomic E-state index is 0.0679. The Balaban J connectivity index is 1.87. The average molecular weight is 293 g/mol. The average Bonchev–Trinajstić information content (AvgIpc) is 2.64. The maximum Gasteiger partial charge on any atom is 0.391 e. The van der Waals surface area contributed by atoms with Crippen molar-refractivity contribution < 1.29 is 18.3 Å². The largest absolute Gasteiger partial charge is 0.396 e. The Labute approximate surface area is 119 Å². The molecule has 0 aromatic rings. The van der Waals surface area contributed by atoms with E-state index in [4.69, 9.17) is 0 Å². The summed E-state index contributed by atoms with van der Waals surface area (Å²) in [6, 6.07) is 0. The topological polar surface area (TPSA) is 23.5 Å². The highest BCUT2D eigenvalue weighted by molar-refractivity contribution is 4.87. The molecule has 20 heavy (non-hydrogen) atoms. The Bertz CT molecular complexity index is 290. The summed E-state index contributed by atoms with van der Waals surface area (Å²) < 4.78 is 38.0. The molecule has 1 saturated carbocycles. The first-order valence-electron chi connectivity index (χ1n) is 7.85. The lowest BCUT2D eigenvalue weighted by molar-refractivity contribution is -0.185. The molecule has 1 aliphatic carbocycles. The summed E-state index contributed by atoms with van der Waals surface area (Å²) in [5.41, 5.74) is -0.0679. The second kappa shape index (κ2) is 6.65. The zero-order valence-electron chi connectivity index (χ0n) is 12.1. The molecule has 2 rings (SSSR count). The van der Waals surface area contributed by atoms with E-state index in [1.807, 2.05) is 0 Å². The van der Waals surface area contributed by atoms with Crippen LogP contribution in [-0.2, 0) is 0 Å². The van der Waals surface area contributed by atoms with E-state index in [2.05, 4.69) is 4.90 Å². The number of rotatable bonds is 3. The van der Waals surface area contributed by atoms with Gasteiger partial charge in [-0.25, -0.2) is 0 Å². The summed E-state index contributed by atoms with van der Waals surface area (Å²) in [6.45, 7) is 1.98. The summed E-state index contributed by atoms with van der Waals surface area (Å²) in [7, 11) is 0. The van der Waals surface area contributed by atoms with E-state index in [1.165, 1.54) is 12.8 Å². The maximum atomic E-state index is 12.7. The van der Waals surface area contributed by atoms with E-state index in [0.29, 0.717) is 13.1 Å². The Morgan fingerprint density at radius 1 is 1.00 bits per heavy atom. The van der Waals surface area contributed by atoms with Crippen molar-refractivity contribution in [2.45, 2.75) is 57.5 Å². The fourth-order valence-corrected chi connectivity index (χ4v) is 3.74. The van der Waals surface area contributed by atoms with E-state index in [9.17, 15) is 18.3 Å². The lowest BCUT2D eigenvalue weighted by Gasteiger charge is -2.40. The van der Waals surface area contributed by atoms with Gasteiger partial charge in [0.2, 0.25) is 0 Å². The summed E-state index contributed by atoms with van der Waals surface area (Å²) >= 11 is 0. The van der Waals surface area contributed by atoms with Gasteiger partial charge in [0.1, 0.15) is 0 Å². The standard InChI is InChI=1S/C15H26F3NO/c16-15(17,18)13-5-9-19(10-6-13)11-14(12-20)7-3-1-2-4-8-14/h13,20H,1-12H2. The molecule has 1 saturated heterocycles. The van der Waals surface area contributed by atoms with Crippen molar-refractivity contribution in [2.75, 3.05) is 26.2 Å². The van der Waals surface area contributed by atoms with Gasteiger partial charge in [-0.2, -0.15) is 13.2 Å². The molecular formula is C15H26F3NO. The van der Waals surface area contributed by atoms with Crippen LogP contribution < -0.4 is 0 Å². The van der Waals surface area contributed by atoms with Crippen LogP contribution >= 0.6 is 0 Å². The molecule has 2 aliphatic rings. The Hall–Kier alpha value is -0.290. The summed E-state index contributed by atoms with van der Waals surface area (Å²) in [5.74, 6) is -1.13. The highest BCUT2D eigenvalue weighted by Gasteiger charge is 2.42. The fourth-order valence-electron chi connectivity index (χ4n) is 3.74. The number of alkyl halides is 3. The zero-order chi connectivity index (χ0) is 14.6. The molecule has 0 aromatic heterocycles. The molecule has 2 fully saturated rings. The predicted octanol–water partition coefficient (Wildman–Crippen LogP) is 3.59. The van der Waals surface area contributed by atoms with Crippen molar-refractivity contribution in [3.63, 3.8) is 0 Å². The third-order valence-corrected chi connectivity index (χ3v) is 5.11. The predicted molar refractivity (Wildman–Crippen MR) is 72.4 cm³/mol. The van der Waals surface area contributed by atoms with Crippen LogP contribution in [0.1, 0.15) is 51.4 Å². The van der Waals surface area contributed by atoms with Crippen LogP contribution in [0.3, 0.4) is 0 Å². The van der Waals surface area contributed by atoms with Gasteiger partial charge < -0.3 is 10.0 Å². The highest BCUT2D eigenvalue weighted by atomic mass is 19.4. The number of hydrogen-bond donors (Lipinski definition) is 1. The van der Waals surface area contributed by atoms with Gasteiger partial charge in [0.05, 0.1) is 5.92 Å². The lowest BCUT2D eigenvalue weighted by atomic mass is 9.80. The van der Waals surface area contributed by atoms with Crippen LogP contribution in [0.15, 0.2) is 0 Å². The molecule has 2 nitrogen and oxygen atoms in total. The van der Waals surface area contributed by atoms with Gasteiger partial charge in [0, 0.05) is 18.6 Å². The number of nitrogens with zero attached hydrogens (tertiary/aromatic N) is 1. The maximum absolute atomic E-state index is 12.7. The van der Waals surface area contributed by atoms with Crippen molar-refractivity contribution in [3.05, 3.63) is 0 Å². The molecule has 5 heteroatoms. The van der Waals surface area contributed by atoms with E-state index in [0.717, 1.165) is 32.2 Å². The highest BCUT2D eigenvalue weighted by Crippen LogP contribution is 2.38. The molecule has 1 aliphatic heterocycles. The molecule has 0 bridgehead atoms. The minimum Gasteiger partial charge on any atom is -0.396 e.